The lowest BCUT2D eigenvalue weighted by atomic mass is 10.2. The summed E-state index contributed by atoms with van der Waals surface area (Å²) in [4.78, 5) is 0. The van der Waals surface area contributed by atoms with Crippen molar-refractivity contribution in [1.29, 1.82) is 0 Å². The van der Waals surface area contributed by atoms with Gasteiger partial charge < -0.3 is 10.9 Å². The Bertz CT molecular complexity index is 286. The van der Waals surface area contributed by atoms with Crippen LogP contribution in [0.15, 0.2) is 27.8 Å². The smallest absolute Gasteiger partial charge is 0.116 e. The maximum atomic E-state index is 9.04. The number of halogens is 1. The van der Waals surface area contributed by atoms with E-state index in [9.17, 15) is 0 Å². The largest absolute Gasteiger partial charge is 0.508 e. The molecule has 0 aliphatic carbocycles. The van der Waals surface area contributed by atoms with Crippen LogP contribution in [0.4, 0.5) is 0 Å². The molecule has 11 heavy (non-hydrogen) atoms. The van der Waals surface area contributed by atoms with Crippen molar-refractivity contribution < 1.29 is 5.11 Å². The normalized spacial score (nSPS) is 10.6. The van der Waals surface area contributed by atoms with E-state index in [1.807, 2.05) is 0 Å². The molecular formula is C7H7BrN2O. The van der Waals surface area contributed by atoms with Gasteiger partial charge in [0.15, 0.2) is 0 Å². The van der Waals surface area contributed by atoms with E-state index in [4.69, 9.17) is 10.9 Å². The van der Waals surface area contributed by atoms with Crippen molar-refractivity contribution >= 4 is 22.1 Å². The van der Waals surface area contributed by atoms with Crippen LogP contribution in [0, 0.1) is 0 Å². The SMILES string of the molecule is NN=Cc1cc(O)ccc1Br. The monoisotopic (exact) mass is 214 g/mol. The van der Waals surface area contributed by atoms with E-state index in [1.54, 1.807) is 18.2 Å². The fourth-order valence-electron chi connectivity index (χ4n) is 0.710. The molecule has 0 heterocycles. The molecular weight excluding hydrogens is 208 g/mol. The molecule has 0 radical (unpaired) electrons. The highest BCUT2D eigenvalue weighted by molar-refractivity contribution is 9.10. The van der Waals surface area contributed by atoms with Crippen LogP contribution in [-0.2, 0) is 0 Å². The van der Waals surface area contributed by atoms with Crippen molar-refractivity contribution in [2.75, 3.05) is 0 Å². The molecule has 0 aliphatic heterocycles. The molecule has 0 bridgehead atoms. The summed E-state index contributed by atoms with van der Waals surface area (Å²) in [6.45, 7) is 0. The second-order valence-corrected chi connectivity index (χ2v) is 2.84. The molecule has 3 nitrogen and oxygen atoms in total. The minimum absolute atomic E-state index is 0.197. The quantitative estimate of drug-likeness (QED) is 0.423. The lowest BCUT2D eigenvalue weighted by Gasteiger charge is -1.97. The summed E-state index contributed by atoms with van der Waals surface area (Å²) in [7, 11) is 0. The van der Waals surface area contributed by atoms with E-state index < -0.39 is 0 Å². The van der Waals surface area contributed by atoms with Gasteiger partial charge in [-0.05, 0) is 18.2 Å². The van der Waals surface area contributed by atoms with Crippen molar-refractivity contribution in [3.8, 4) is 5.75 Å². The molecule has 0 aliphatic rings. The lowest BCUT2D eigenvalue weighted by molar-refractivity contribution is 0.475. The molecule has 0 aromatic heterocycles. The zero-order valence-electron chi connectivity index (χ0n) is 5.66. The number of phenols is 1. The number of nitrogens with two attached hydrogens (primary N) is 1. The Kier molecular flexibility index (Phi) is 2.48. The van der Waals surface area contributed by atoms with Crippen LogP contribution in [0.1, 0.15) is 5.56 Å². The topological polar surface area (TPSA) is 58.6 Å². The molecule has 0 saturated heterocycles. The molecule has 0 saturated carbocycles. The van der Waals surface area contributed by atoms with Crippen LogP contribution in [0.2, 0.25) is 0 Å². The maximum absolute atomic E-state index is 9.04. The molecule has 0 unspecified atom stereocenters. The fraction of sp³-hybridized carbons (Fsp3) is 0. The zero-order chi connectivity index (χ0) is 8.27. The van der Waals surface area contributed by atoms with Crippen LogP contribution in [-0.4, -0.2) is 11.3 Å². The van der Waals surface area contributed by atoms with Gasteiger partial charge in [0.25, 0.3) is 0 Å². The van der Waals surface area contributed by atoms with Crippen molar-refractivity contribution in [3.05, 3.63) is 28.2 Å². The third-order valence-corrected chi connectivity index (χ3v) is 1.92. The number of hydrogen-bond acceptors (Lipinski definition) is 3. The number of aromatic hydroxyl groups is 1. The first-order valence-corrected chi connectivity index (χ1v) is 3.75. The third-order valence-electron chi connectivity index (χ3n) is 1.19. The number of hydrazone groups is 1. The predicted octanol–water partition coefficient (Wildman–Crippen LogP) is 1.45. The molecule has 58 valence electrons. The first kappa shape index (κ1) is 8.07. The summed E-state index contributed by atoms with van der Waals surface area (Å²) in [6.07, 6.45) is 1.46. The molecule has 4 heteroatoms. The summed E-state index contributed by atoms with van der Waals surface area (Å²) in [5, 5.41) is 12.4. The third kappa shape index (κ3) is 1.94. The van der Waals surface area contributed by atoms with Crippen LogP contribution in [0.3, 0.4) is 0 Å². The average molecular weight is 215 g/mol. The fourth-order valence-corrected chi connectivity index (χ4v) is 1.06. The Morgan fingerprint density at radius 3 is 2.91 bits per heavy atom. The van der Waals surface area contributed by atoms with Gasteiger partial charge in [0, 0.05) is 10.0 Å². The van der Waals surface area contributed by atoms with Crippen LogP contribution >= 0.6 is 15.9 Å². The van der Waals surface area contributed by atoms with Gasteiger partial charge in [0.05, 0.1) is 6.21 Å². The van der Waals surface area contributed by atoms with Gasteiger partial charge in [-0.1, -0.05) is 15.9 Å². The Morgan fingerprint density at radius 1 is 1.55 bits per heavy atom. The summed E-state index contributed by atoms with van der Waals surface area (Å²) in [6, 6.07) is 4.88. The molecule has 1 rings (SSSR count). The van der Waals surface area contributed by atoms with Gasteiger partial charge in [-0.3, -0.25) is 0 Å². The Labute approximate surface area is 72.7 Å². The first-order chi connectivity index (χ1) is 5.24. The highest BCUT2D eigenvalue weighted by Crippen LogP contribution is 2.19. The van der Waals surface area contributed by atoms with E-state index in [0.29, 0.717) is 0 Å². The van der Waals surface area contributed by atoms with Gasteiger partial charge in [0.2, 0.25) is 0 Å². The first-order valence-electron chi connectivity index (χ1n) is 2.96. The second-order valence-electron chi connectivity index (χ2n) is 1.98. The van der Waals surface area contributed by atoms with Crippen molar-refractivity contribution in [1.82, 2.24) is 0 Å². The Hall–Kier alpha value is -1.03. The standard InChI is InChI=1S/C7H7BrN2O/c8-7-2-1-6(11)3-5(7)4-10-9/h1-4,11H,9H2. The molecule has 1 aromatic rings. The van der Waals surface area contributed by atoms with Crippen LogP contribution in [0.25, 0.3) is 0 Å². The van der Waals surface area contributed by atoms with E-state index in [2.05, 4.69) is 21.0 Å². The number of rotatable bonds is 1. The zero-order valence-corrected chi connectivity index (χ0v) is 7.25. The van der Waals surface area contributed by atoms with Crippen molar-refractivity contribution in [2.24, 2.45) is 10.9 Å². The molecule has 0 spiro atoms. The second kappa shape index (κ2) is 3.39. The maximum Gasteiger partial charge on any atom is 0.116 e. The number of phenolic OH excluding ortho intramolecular Hbond substituents is 1. The van der Waals surface area contributed by atoms with E-state index >= 15 is 0 Å². The number of benzene rings is 1. The number of nitrogens with zero attached hydrogens (tertiary/aromatic N) is 1. The predicted molar refractivity (Wildman–Crippen MR) is 47.6 cm³/mol. The van der Waals surface area contributed by atoms with E-state index in [1.165, 1.54) is 6.21 Å². The molecule has 0 amide bonds. The highest BCUT2D eigenvalue weighted by atomic mass is 79.9. The molecule has 3 N–H and O–H groups in total. The van der Waals surface area contributed by atoms with Gasteiger partial charge >= 0.3 is 0 Å². The Balaban J connectivity index is 3.12. The van der Waals surface area contributed by atoms with Gasteiger partial charge in [0.1, 0.15) is 5.75 Å². The number of hydrogen-bond donors (Lipinski definition) is 2. The summed E-state index contributed by atoms with van der Waals surface area (Å²) < 4.78 is 0.851. The van der Waals surface area contributed by atoms with Gasteiger partial charge in [-0.15, -0.1) is 0 Å². The molecule has 0 atom stereocenters. The average Bonchev–Trinajstić information content (AvgIpc) is 1.98. The van der Waals surface area contributed by atoms with Crippen molar-refractivity contribution in [3.63, 3.8) is 0 Å². The van der Waals surface area contributed by atoms with Gasteiger partial charge in [-0.25, -0.2) is 0 Å². The molecule has 0 fully saturated rings. The minimum Gasteiger partial charge on any atom is -0.508 e. The summed E-state index contributed by atoms with van der Waals surface area (Å²) >= 11 is 3.27. The van der Waals surface area contributed by atoms with E-state index in [0.717, 1.165) is 10.0 Å². The van der Waals surface area contributed by atoms with Crippen LogP contribution in [0.5, 0.6) is 5.75 Å². The van der Waals surface area contributed by atoms with Gasteiger partial charge in [-0.2, -0.15) is 5.10 Å². The Morgan fingerprint density at radius 2 is 2.27 bits per heavy atom. The van der Waals surface area contributed by atoms with E-state index in [-0.39, 0.29) is 5.75 Å². The minimum atomic E-state index is 0.197. The summed E-state index contributed by atoms with van der Waals surface area (Å²) in [5.41, 5.74) is 0.757. The van der Waals surface area contributed by atoms with Crippen LogP contribution < -0.4 is 5.84 Å². The highest BCUT2D eigenvalue weighted by Gasteiger charge is 1.96. The van der Waals surface area contributed by atoms with Crippen molar-refractivity contribution in [2.45, 2.75) is 0 Å². The summed E-state index contributed by atoms with van der Waals surface area (Å²) in [5.74, 6) is 5.14. The molecule has 1 aromatic carbocycles. The lowest BCUT2D eigenvalue weighted by Crippen LogP contribution is -1.87.